The summed E-state index contributed by atoms with van der Waals surface area (Å²) >= 11 is 0. The van der Waals surface area contributed by atoms with Crippen molar-refractivity contribution in [3.8, 4) is 0 Å². The minimum Gasteiger partial charge on any atom is -0.392 e. The number of aliphatic hydroxyl groups is 1. The van der Waals surface area contributed by atoms with E-state index in [0.29, 0.717) is 17.8 Å². The van der Waals surface area contributed by atoms with Gasteiger partial charge in [0.15, 0.2) is 0 Å². The highest BCUT2D eigenvalue weighted by Gasteiger charge is 2.21. The molecule has 1 N–H and O–H groups in total. The molecule has 98 valence electrons. The average Bonchev–Trinajstić information content (AvgIpc) is 2.80. The summed E-state index contributed by atoms with van der Waals surface area (Å²) in [5.41, 5.74) is 2.99. The van der Waals surface area contributed by atoms with Crippen LogP contribution in [0, 0.1) is 11.6 Å². The molecule has 2 nitrogen and oxygen atoms in total. The van der Waals surface area contributed by atoms with Crippen LogP contribution in [0.2, 0.25) is 0 Å². The zero-order valence-corrected chi connectivity index (χ0v) is 10.2. The quantitative estimate of drug-likeness (QED) is 0.897. The van der Waals surface area contributed by atoms with E-state index in [-0.39, 0.29) is 12.4 Å². The van der Waals surface area contributed by atoms with E-state index >= 15 is 0 Å². The van der Waals surface area contributed by atoms with Gasteiger partial charge in [0, 0.05) is 17.9 Å². The average molecular weight is 261 g/mol. The first-order chi connectivity index (χ1) is 9.17. The molecular weight excluding hydrogens is 248 g/mol. The number of benzene rings is 2. The third-order valence-corrected chi connectivity index (χ3v) is 3.38. The summed E-state index contributed by atoms with van der Waals surface area (Å²) in [6.45, 7) is 0.474. The molecule has 0 radical (unpaired) electrons. The molecule has 0 saturated heterocycles. The lowest BCUT2D eigenvalue weighted by molar-refractivity contribution is 0.281. The van der Waals surface area contributed by atoms with Crippen molar-refractivity contribution in [2.24, 2.45) is 0 Å². The number of hydrogen-bond acceptors (Lipinski definition) is 2. The molecule has 0 atom stereocenters. The second kappa shape index (κ2) is 4.63. The van der Waals surface area contributed by atoms with E-state index in [2.05, 4.69) is 0 Å². The fourth-order valence-electron chi connectivity index (χ4n) is 2.50. The van der Waals surface area contributed by atoms with Crippen LogP contribution < -0.4 is 4.90 Å². The maximum Gasteiger partial charge on any atom is 0.125 e. The molecule has 3 rings (SSSR count). The highest BCUT2D eigenvalue weighted by Crippen LogP contribution is 2.35. The number of fused-ring (bicyclic) bond motifs is 1. The van der Waals surface area contributed by atoms with Gasteiger partial charge >= 0.3 is 0 Å². The molecule has 1 aliphatic heterocycles. The molecule has 0 unspecified atom stereocenters. The molecule has 0 aliphatic carbocycles. The van der Waals surface area contributed by atoms with E-state index < -0.39 is 5.82 Å². The van der Waals surface area contributed by atoms with E-state index in [1.54, 1.807) is 12.1 Å². The van der Waals surface area contributed by atoms with Crippen LogP contribution in [0.3, 0.4) is 0 Å². The van der Waals surface area contributed by atoms with E-state index in [0.717, 1.165) is 17.7 Å². The number of aliphatic hydroxyl groups excluding tert-OH is 1. The zero-order valence-electron chi connectivity index (χ0n) is 10.2. The van der Waals surface area contributed by atoms with Crippen molar-refractivity contribution in [2.75, 3.05) is 11.4 Å². The Labute approximate surface area is 109 Å². The van der Waals surface area contributed by atoms with Crippen LogP contribution in [0.1, 0.15) is 11.1 Å². The molecule has 1 aliphatic rings. The van der Waals surface area contributed by atoms with Gasteiger partial charge in [-0.3, -0.25) is 0 Å². The number of halogens is 2. The third kappa shape index (κ3) is 2.19. The zero-order chi connectivity index (χ0) is 13.4. The molecule has 0 aromatic heterocycles. The number of hydrogen-bond donors (Lipinski definition) is 1. The lowest BCUT2D eigenvalue weighted by Gasteiger charge is -2.20. The van der Waals surface area contributed by atoms with Crippen molar-refractivity contribution in [2.45, 2.75) is 13.0 Å². The maximum absolute atomic E-state index is 13.5. The van der Waals surface area contributed by atoms with Crippen molar-refractivity contribution < 1.29 is 13.9 Å². The molecule has 19 heavy (non-hydrogen) atoms. The number of nitrogens with zero attached hydrogens (tertiary/aromatic N) is 1. The number of anilines is 2. The van der Waals surface area contributed by atoms with Gasteiger partial charge in [-0.15, -0.1) is 0 Å². The first-order valence-electron chi connectivity index (χ1n) is 6.13. The Hall–Kier alpha value is -1.94. The summed E-state index contributed by atoms with van der Waals surface area (Å²) in [4.78, 5) is 1.88. The van der Waals surface area contributed by atoms with E-state index in [9.17, 15) is 8.78 Å². The molecule has 0 spiro atoms. The molecule has 1 heterocycles. The van der Waals surface area contributed by atoms with Gasteiger partial charge in [0.2, 0.25) is 0 Å². The monoisotopic (exact) mass is 261 g/mol. The molecule has 0 saturated carbocycles. The topological polar surface area (TPSA) is 23.5 Å². The lowest BCUT2D eigenvalue weighted by atomic mass is 10.1. The molecule has 0 bridgehead atoms. The summed E-state index contributed by atoms with van der Waals surface area (Å²) in [5.74, 6) is -0.698. The second-order valence-corrected chi connectivity index (χ2v) is 4.65. The summed E-state index contributed by atoms with van der Waals surface area (Å²) in [5, 5.41) is 9.12. The highest BCUT2D eigenvalue weighted by molar-refractivity contribution is 5.70. The SMILES string of the molecule is OCc1cc(F)cc(N2CCc3ccc(F)cc32)c1. The van der Waals surface area contributed by atoms with Gasteiger partial charge in [-0.25, -0.2) is 8.78 Å². The van der Waals surface area contributed by atoms with Gasteiger partial charge in [0.05, 0.1) is 6.61 Å². The Balaban J connectivity index is 2.06. The molecule has 0 amide bonds. The van der Waals surface area contributed by atoms with Crippen LogP contribution in [0.5, 0.6) is 0 Å². The Bertz CT molecular complexity index is 628. The minimum absolute atomic E-state index is 0.214. The van der Waals surface area contributed by atoms with Crippen molar-refractivity contribution in [1.82, 2.24) is 0 Å². The largest absolute Gasteiger partial charge is 0.392 e. The Morgan fingerprint density at radius 3 is 2.68 bits per heavy atom. The summed E-state index contributed by atoms with van der Waals surface area (Å²) < 4.78 is 26.8. The summed E-state index contributed by atoms with van der Waals surface area (Å²) in [6, 6.07) is 9.09. The van der Waals surface area contributed by atoms with Gasteiger partial charge < -0.3 is 10.0 Å². The predicted molar refractivity (Wildman–Crippen MR) is 69.4 cm³/mol. The van der Waals surface area contributed by atoms with Crippen molar-refractivity contribution in [1.29, 1.82) is 0 Å². The van der Waals surface area contributed by atoms with E-state index in [4.69, 9.17) is 5.11 Å². The highest BCUT2D eigenvalue weighted by atomic mass is 19.1. The third-order valence-electron chi connectivity index (χ3n) is 3.38. The van der Waals surface area contributed by atoms with Crippen LogP contribution in [0.15, 0.2) is 36.4 Å². The van der Waals surface area contributed by atoms with Gasteiger partial charge in [-0.1, -0.05) is 6.07 Å². The first-order valence-corrected chi connectivity index (χ1v) is 6.13. The number of rotatable bonds is 2. The maximum atomic E-state index is 13.5. The smallest absolute Gasteiger partial charge is 0.125 e. The minimum atomic E-state index is -0.397. The first kappa shape index (κ1) is 12.1. The van der Waals surface area contributed by atoms with Crippen LogP contribution in [0.4, 0.5) is 20.2 Å². The van der Waals surface area contributed by atoms with E-state index in [1.165, 1.54) is 24.3 Å². The summed E-state index contributed by atoms with van der Waals surface area (Å²) in [6.07, 6.45) is 0.806. The Morgan fingerprint density at radius 2 is 1.89 bits per heavy atom. The second-order valence-electron chi connectivity index (χ2n) is 4.65. The predicted octanol–water partition coefficient (Wildman–Crippen LogP) is 3.15. The molecule has 2 aromatic rings. The van der Waals surface area contributed by atoms with Gasteiger partial charge in [-0.2, -0.15) is 0 Å². The van der Waals surface area contributed by atoms with Gasteiger partial charge in [0.1, 0.15) is 11.6 Å². The van der Waals surface area contributed by atoms with E-state index in [1.807, 2.05) is 4.90 Å². The van der Waals surface area contributed by atoms with Gasteiger partial charge in [0.25, 0.3) is 0 Å². The molecule has 2 aromatic carbocycles. The van der Waals surface area contributed by atoms with Crippen LogP contribution in [-0.2, 0) is 13.0 Å². The van der Waals surface area contributed by atoms with Crippen LogP contribution >= 0.6 is 0 Å². The lowest BCUT2D eigenvalue weighted by Crippen LogP contribution is -2.14. The Morgan fingerprint density at radius 1 is 1.05 bits per heavy atom. The van der Waals surface area contributed by atoms with Crippen LogP contribution in [-0.4, -0.2) is 11.7 Å². The fraction of sp³-hybridized carbons (Fsp3) is 0.200. The normalized spacial score (nSPS) is 13.7. The van der Waals surface area contributed by atoms with Crippen molar-refractivity contribution in [3.05, 3.63) is 59.2 Å². The molecular formula is C15H13F2NO. The fourth-order valence-corrected chi connectivity index (χ4v) is 2.50. The molecule has 0 fully saturated rings. The van der Waals surface area contributed by atoms with Crippen molar-refractivity contribution >= 4 is 11.4 Å². The standard InChI is InChI=1S/C15H13F2NO/c16-12-2-1-11-3-4-18(15(11)8-12)14-6-10(9-19)5-13(17)7-14/h1-2,5-8,19H,3-4,9H2. The Kier molecular flexibility index (Phi) is 2.95. The van der Waals surface area contributed by atoms with Crippen LogP contribution in [0.25, 0.3) is 0 Å². The van der Waals surface area contributed by atoms with Crippen molar-refractivity contribution in [3.63, 3.8) is 0 Å². The molecule has 4 heteroatoms. The van der Waals surface area contributed by atoms with Gasteiger partial charge in [-0.05, 0) is 47.9 Å². The summed E-state index contributed by atoms with van der Waals surface area (Å²) in [7, 11) is 0.